The zero-order valence-electron chi connectivity index (χ0n) is 17.3. The molecule has 0 aliphatic carbocycles. The first kappa shape index (κ1) is 22.7. The van der Waals surface area contributed by atoms with Crippen LogP contribution in [0.5, 0.6) is 5.88 Å². The van der Waals surface area contributed by atoms with Crippen molar-refractivity contribution in [2.45, 2.75) is 18.6 Å². The Morgan fingerprint density at radius 2 is 2.09 bits per heavy atom. The van der Waals surface area contributed by atoms with Crippen molar-refractivity contribution in [1.82, 2.24) is 10.1 Å². The highest BCUT2D eigenvalue weighted by atomic mass is 19.1. The second kappa shape index (κ2) is 9.55. The lowest BCUT2D eigenvalue weighted by Crippen LogP contribution is -2.42. The first-order valence-corrected chi connectivity index (χ1v) is 10.1. The van der Waals surface area contributed by atoms with Gasteiger partial charge in [0.25, 0.3) is 11.8 Å². The Kier molecular flexibility index (Phi) is 6.56. The summed E-state index contributed by atoms with van der Waals surface area (Å²) in [5.41, 5.74) is 0.0785. The van der Waals surface area contributed by atoms with E-state index in [1.165, 1.54) is 23.3 Å². The lowest BCUT2D eigenvalue weighted by molar-refractivity contribution is -0.141. The molecule has 2 N–H and O–H groups in total. The number of carbonyl (C=O) groups is 2. The maximum Gasteiger partial charge on any atom is 0.414 e. The van der Waals surface area contributed by atoms with Crippen molar-refractivity contribution < 1.29 is 42.6 Å². The molecule has 2 amide bonds. The third-order valence-corrected chi connectivity index (χ3v) is 5.40. The van der Waals surface area contributed by atoms with Crippen molar-refractivity contribution in [1.29, 1.82) is 0 Å². The molecule has 1 fully saturated rings. The van der Waals surface area contributed by atoms with Crippen LogP contribution in [0.4, 0.5) is 19.3 Å². The van der Waals surface area contributed by atoms with Gasteiger partial charge in [-0.3, -0.25) is 9.69 Å². The molecule has 2 atom stereocenters. The molecule has 0 bridgehead atoms. The summed E-state index contributed by atoms with van der Waals surface area (Å²) in [4.78, 5) is 26.6. The predicted molar refractivity (Wildman–Crippen MR) is 108 cm³/mol. The zero-order chi connectivity index (χ0) is 23.5. The summed E-state index contributed by atoms with van der Waals surface area (Å²) in [6.45, 7) is -0.609. The number of halogens is 2. The quantitative estimate of drug-likeness (QED) is 0.627. The van der Waals surface area contributed by atoms with E-state index in [2.05, 4.69) is 9.68 Å². The van der Waals surface area contributed by atoms with Crippen LogP contribution in [0.15, 0.2) is 35.1 Å². The van der Waals surface area contributed by atoms with E-state index >= 15 is 0 Å². The number of hydrogen-bond donors (Lipinski definition) is 2. The van der Waals surface area contributed by atoms with Gasteiger partial charge < -0.3 is 29.1 Å². The lowest BCUT2D eigenvalue weighted by Gasteiger charge is -2.28. The zero-order valence-corrected chi connectivity index (χ0v) is 17.3. The van der Waals surface area contributed by atoms with Crippen molar-refractivity contribution in [2.75, 3.05) is 37.8 Å². The van der Waals surface area contributed by atoms with Gasteiger partial charge in [0.15, 0.2) is 6.10 Å². The molecule has 10 nitrogen and oxygen atoms in total. The van der Waals surface area contributed by atoms with Crippen LogP contribution in [0.1, 0.15) is 12.0 Å². The fourth-order valence-electron chi connectivity index (χ4n) is 3.75. The summed E-state index contributed by atoms with van der Waals surface area (Å²) in [6.07, 6.45) is 0.664. The Morgan fingerprint density at radius 3 is 2.70 bits per heavy atom. The van der Waals surface area contributed by atoms with Crippen LogP contribution in [0.3, 0.4) is 0 Å². The number of nitrogens with zero attached hydrogens (tertiary/aromatic N) is 3. The van der Waals surface area contributed by atoms with E-state index in [0.717, 1.165) is 17.0 Å². The van der Waals surface area contributed by atoms with Crippen molar-refractivity contribution in [3.63, 3.8) is 0 Å². The number of amides is 2. The minimum absolute atomic E-state index is 0.0238. The van der Waals surface area contributed by atoms with E-state index in [4.69, 9.17) is 14.6 Å². The minimum atomic E-state index is -1.53. The van der Waals surface area contributed by atoms with Crippen LogP contribution in [0.2, 0.25) is 0 Å². The van der Waals surface area contributed by atoms with Gasteiger partial charge in [-0.15, -0.1) is 0 Å². The molecule has 1 aromatic carbocycles. The molecule has 12 heteroatoms. The Bertz CT molecular complexity index is 1040. The number of aliphatic hydroxyl groups is 2. The molecule has 2 aliphatic heterocycles. The van der Waals surface area contributed by atoms with Gasteiger partial charge in [0.05, 0.1) is 12.3 Å². The highest BCUT2D eigenvalue weighted by Gasteiger charge is 2.36. The summed E-state index contributed by atoms with van der Waals surface area (Å²) in [5, 5.41) is 22.0. The predicted octanol–water partition coefficient (Wildman–Crippen LogP) is 1.33. The Hall–Kier alpha value is -3.51. The average Bonchev–Trinajstić information content (AvgIpc) is 3.46. The monoisotopic (exact) mass is 465 g/mol. The molecular weight excluding hydrogens is 444 g/mol. The number of aromatic nitrogens is 1. The summed E-state index contributed by atoms with van der Waals surface area (Å²) in [6, 6.07) is 2.93. The van der Waals surface area contributed by atoms with Crippen LogP contribution in [0.25, 0.3) is 5.57 Å². The number of benzene rings is 1. The topological polar surface area (TPSA) is 126 Å². The van der Waals surface area contributed by atoms with Crippen LogP contribution in [-0.2, 0) is 9.53 Å². The molecule has 3 heterocycles. The molecule has 0 saturated carbocycles. The fraction of sp³-hybridized carbons (Fsp3) is 0.381. The van der Waals surface area contributed by atoms with E-state index < -0.39 is 42.4 Å². The SMILES string of the molecule is O=C([C@@H](O)CO)N1CC=C(c2c(F)cc(N3C(=O)OC[C@H]3COc3ccon3)cc2F)CC1. The molecule has 2 aromatic rings. The van der Waals surface area contributed by atoms with Crippen molar-refractivity contribution in [2.24, 2.45) is 0 Å². The van der Waals surface area contributed by atoms with Gasteiger partial charge in [-0.1, -0.05) is 6.08 Å². The first-order chi connectivity index (χ1) is 15.9. The smallest absolute Gasteiger partial charge is 0.414 e. The number of anilines is 1. The van der Waals surface area contributed by atoms with Crippen LogP contribution >= 0.6 is 0 Å². The molecule has 1 saturated heterocycles. The molecule has 4 rings (SSSR count). The number of ether oxygens (including phenoxy) is 2. The third-order valence-electron chi connectivity index (χ3n) is 5.40. The Balaban J connectivity index is 1.51. The van der Waals surface area contributed by atoms with Gasteiger partial charge in [-0.05, 0) is 29.3 Å². The maximum absolute atomic E-state index is 15.0. The van der Waals surface area contributed by atoms with E-state index in [1.807, 2.05) is 0 Å². The molecule has 0 radical (unpaired) electrons. The molecule has 0 unspecified atom stereocenters. The maximum atomic E-state index is 15.0. The molecule has 1 aromatic heterocycles. The third kappa shape index (κ3) is 4.66. The van der Waals surface area contributed by atoms with Crippen molar-refractivity contribution in [3.8, 4) is 5.88 Å². The molecule has 176 valence electrons. The van der Waals surface area contributed by atoms with Gasteiger partial charge in [-0.2, -0.15) is 0 Å². The average molecular weight is 465 g/mol. The van der Waals surface area contributed by atoms with E-state index in [-0.39, 0.29) is 49.9 Å². The molecule has 33 heavy (non-hydrogen) atoms. The summed E-state index contributed by atoms with van der Waals surface area (Å²) < 4.78 is 45.1. The standard InChI is InChI=1S/C21H21F2N3O7/c22-15-7-13(26-14(11-32-21(26)30)10-31-18-3-6-33-24-18)8-16(23)19(15)12-1-4-25(5-2-12)20(29)17(28)9-27/h1,3,6-8,14,17,27-28H,2,4-5,9-11H2/t14-,17+/m1/s1. The Labute approximate surface area is 186 Å². The van der Waals surface area contributed by atoms with Gasteiger partial charge in [0, 0.05) is 24.7 Å². The van der Waals surface area contributed by atoms with E-state index in [0.29, 0.717) is 5.57 Å². The van der Waals surface area contributed by atoms with E-state index in [1.54, 1.807) is 0 Å². The number of rotatable bonds is 7. The summed E-state index contributed by atoms with van der Waals surface area (Å²) in [5.74, 6) is -2.20. The van der Waals surface area contributed by atoms with Crippen LogP contribution in [0, 0.1) is 11.6 Å². The van der Waals surface area contributed by atoms with Gasteiger partial charge in [-0.25, -0.2) is 13.6 Å². The Morgan fingerprint density at radius 1 is 1.33 bits per heavy atom. The number of aliphatic hydroxyl groups excluding tert-OH is 2. The van der Waals surface area contributed by atoms with Crippen LogP contribution in [-0.4, -0.2) is 77.3 Å². The number of cyclic esters (lactones) is 1. The fourth-order valence-corrected chi connectivity index (χ4v) is 3.75. The summed E-state index contributed by atoms with van der Waals surface area (Å²) in [7, 11) is 0. The molecule has 2 aliphatic rings. The van der Waals surface area contributed by atoms with Crippen LogP contribution < -0.4 is 9.64 Å². The van der Waals surface area contributed by atoms with Crippen molar-refractivity contribution in [3.05, 3.63) is 47.7 Å². The second-order valence-electron chi connectivity index (χ2n) is 7.50. The lowest BCUT2D eigenvalue weighted by atomic mass is 9.97. The van der Waals surface area contributed by atoms with Gasteiger partial charge in [0.1, 0.15) is 37.2 Å². The molecular formula is C21H21F2N3O7. The minimum Gasteiger partial charge on any atom is -0.473 e. The highest BCUT2D eigenvalue weighted by Crippen LogP contribution is 2.33. The molecule has 0 spiro atoms. The largest absolute Gasteiger partial charge is 0.473 e. The van der Waals surface area contributed by atoms with Gasteiger partial charge >= 0.3 is 6.09 Å². The normalized spacial score (nSPS) is 19.3. The number of hydrogen-bond acceptors (Lipinski definition) is 8. The van der Waals surface area contributed by atoms with Gasteiger partial charge in [0.2, 0.25) is 0 Å². The van der Waals surface area contributed by atoms with E-state index in [9.17, 15) is 23.5 Å². The number of carbonyl (C=O) groups excluding carboxylic acids is 2. The highest BCUT2D eigenvalue weighted by molar-refractivity contribution is 5.90. The summed E-state index contributed by atoms with van der Waals surface area (Å²) >= 11 is 0. The first-order valence-electron chi connectivity index (χ1n) is 10.1. The van der Waals surface area contributed by atoms with Crippen molar-refractivity contribution >= 4 is 23.3 Å². The second-order valence-corrected chi connectivity index (χ2v) is 7.50.